The molecule has 2 rings (SSSR count). The lowest BCUT2D eigenvalue weighted by molar-refractivity contribution is 0.421. The van der Waals surface area contributed by atoms with Crippen molar-refractivity contribution < 1.29 is 4.43 Å². The van der Waals surface area contributed by atoms with E-state index in [1.165, 1.54) is 10.4 Å². The summed E-state index contributed by atoms with van der Waals surface area (Å²) >= 11 is 2.45. The molecular formula is C14H15IOSi. The highest BCUT2D eigenvalue weighted by molar-refractivity contribution is 14.1. The predicted molar refractivity (Wildman–Crippen MR) is 83.8 cm³/mol. The Morgan fingerprint density at radius 1 is 0.882 bits per heavy atom. The Hall–Kier alpha value is -0.653. The normalized spacial score (nSPS) is 11.4. The van der Waals surface area contributed by atoms with Gasteiger partial charge in [0.05, 0.1) is 0 Å². The molecule has 0 fully saturated rings. The van der Waals surface area contributed by atoms with Gasteiger partial charge in [0.15, 0.2) is 0 Å². The van der Waals surface area contributed by atoms with E-state index in [1.807, 2.05) is 7.11 Å². The summed E-state index contributed by atoms with van der Waals surface area (Å²) in [5.41, 5.74) is 0. The third-order valence-corrected chi connectivity index (χ3v) is 9.84. The fraction of sp³-hybridized carbons (Fsp3) is 0.143. The molecule has 0 N–H and O–H groups in total. The molecule has 0 heterocycles. The molecule has 0 saturated heterocycles. The predicted octanol–water partition coefficient (Wildman–Crippen LogP) is 2.37. The molecule has 1 nitrogen and oxygen atoms in total. The van der Waals surface area contributed by atoms with Crippen LogP contribution in [0, 0.1) is 0 Å². The van der Waals surface area contributed by atoms with Crippen molar-refractivity contribution in [3.63, 3.8) is 0 Å². The second-order valence-corrected chi connectivity index (χ2v) is 9.67. The van der Waals surface area contributed by atoms with E-state index in [2.05, 4.69) is 83.3 Å². The molecule has 17 heavy (non-hydrogen) atoms. The largest absolute Gasteiger partial charge is 0.410 e. The van der Waals surface area contributed by atoms with Crippen LogP contribution >= 0.6 is 22.6 Å². The van der Waals surface area contributed by atoms with Gasteiger partial charge in [0.2, 0.25) is 0 Å². The van der Waals surface area contributed by atoms with Crippen molar-refractivity contribution >= 4 is 41.3 Å². The molecule has 88 valence electrons. The lowest BCUT2D eigenvalue weighted by Crippen LogP contribution is -2.62. The molecule has 2 aromatic carbocycles. The van der Waals surface area contributed by atoms with Crippen molar-refractivity contribution in [2.24, 2.45) is 0 Å². The Bertz CT molecular complexity index is 413. The van der Waals surface area contributed by atoms with E-state index in [-0.39, 0.29) is 0 Å². The van der Waals surface area contributed by atoms with Crippen LogP contribution in [0.25, 0.3) is 0 Å². The molecule has 0 spiro atoms. The molecule has 0 unspecified atom stereocenters. The first kappa shape index (κ1) is 12.8. The summed E-state index contributed by atoms with van der Waals surface area (Å²) in [6, 6.07) is 21.2. The molecule has 0 atom stereocenters. The van der Waals surface area contributed by atoms with Gasteiger partial charge in [-0.05, 0) is 10.4 Å². The maximum Gasteiger partial charge on any atom is 0.264 e. The van der Waals surface area contributed by atoms with Crippen molar-refractivity contribution in [2.45, 2.75) is 0 Å². The molecular weight excluding hydrogens is 339 g/mol. The smallest absolute Gasteiger partial charge is 0.264 e. The summed E-state index contributed by atoms with van der Waals surface area (Å²) in [6.45, 7) is 0. The molecule has 0 amide bonds. The molecule has 0 aliphatic rings. The minimum Gasteiger partial charge on any atom is -0.410 e. The monoisotopic (exact) mass is 354 g/mol. The van der Waals surface area contributed by atoms with Crippen LogP contribution < -0.4 is 10.4 Å². The van der Waals surface area contributed by atoms with Crippen molar-refractivity contribution in [2.75, 3.05) is 11.2 Å². The van der Waals surface area contributed by atoms with Gasteiger partial charge in [0, 0.05) is 11.2 Å². The number of hydrogen-bond donors (Lipinski definition) is 0. The van der Waals surface area contributed by atoms with Crippen LogP contribution in [0.4, 0.5) is 0 Å². The average molecular weight is 354 g/mol. The minimum absolute atomic E-state index is 1.02. The van der Waals surface area contributed by atoms with Crippen LogP contribution in [0.5, 0.6) is 0 Å². The topological polar surface area (TPSA) is 9.23 Å². The first-order valence-corrected chi connectivity index (χ1v) is 9.20. The Balaban J connectivity index is 2.54. The fourth-order valence-corrected chi connectivity index (χ4v) is 8.29. The van der Waals surface area contributed by atoms with Gasteiger partial charge in [0.1, 0.15) is 0 Å². The molecule has 0 aromatic heterocycles. The summed E-state index contributed by atoms with van der Waals surface area (Å²) in [5.74, 6) is 0. The number of rotatable bonds is 4. The summed E-state index contributed by atoms with van der Waals surface area (Å²) < 4.78 is 7.01. The van der Waals surface area contributed by atoms with Gasteiger partial charge in [0.25, 0.3) is 8.32 Å². The van der Waals surface area contributed by atoms with Crippen molar-refractivity contribution in [3.8, 4) is 0 Å². The zero-order chi connectivity index (χ0) is 12.1. The van der Waals surface area contributed by atoms with Crippen LogP contribution in [0.2, 0.25) is 0 Å². The van der Waals surface area contributed by atoms with E-state index in [1.54, 1.807) is 0 Å². The maximum atomic E-state index is 5.99. The van der Waals surface area contributed by atoms with Gasteiger partial charge in [-0.25, -0.2) is 0 Å². The van der Waals surface area contributed by atoms with Crippen LogP contribution in [-0.4, -0.2) is 19.5 Å². The maximum absolute atomic E-state index is 5.99. The van der Waals surface area contributed by atoms with Crippen molar-refractivity contribution in [1.82, 2.24) is 0 Å². The number of alkyl halides is 1. The van der Waals surface area contributed by atoms with Crippen LogP contribution in [-0.2, 0) is 4.43 Å². The van der Waals surface area contributed by atoms with Gasteiger partial charge >= 0.3 is 0 Å². The van der Waals surface area contributed by atoms with Crippen LogP contribution in [0.3, 0.4) is 0 Å². The highest BCUT2D eigenvalue weighted by Gasteiger charge is 2.37. The summed E-state index contributed by atoms with van der Waals surface area (Å²) in [6.07, 6.45) is 0. The average Bonchev–Trinajstić information content (AvgIpc) is 2.43. The van der Waals surface area contributed by atoms with Crippen LogP contribution in [0.1, 0.15) is 0 Å². The van der Waals surface area contributed by atoms with E-state index >= 15 is 0 Å². The molecule has 0 radical (unpaired) electrons. The summed E-state index contributed by atoms with van der Waals surface area (Å²) in [7, 11) is -0.171. The Morgan fingerprint density at radius 3 is 1.59 bits per heavy atom. The standard InChI is InChI=1S/C14H15IOSi/c1-16-17(12-15,13-8-4-2-5-9-13)14-10-6-3-7-11-14/h2-11H,12H2,1H3. The van der Waals surface area contributed by atoms with E-state index < -0.39 is 8.32 Å². The molecule has 0 aliphatic heterocycles. The third-order valence-electron chi connectivity index (χ3n) is 3.02. The number of benzene rings is 2. The highest BCUT2D eigenvalue weighted by atomic mass is 127. The minimum atomic E-state index is -2.01. The first-order valence-electron chi connectivity index (χ1n) is 5.55. The van der Waals surface area contributed by atoms with Gasteiger partial charge in [-0.1, -0.05) is 83.3 Å². The lowest BCUT2D eigenvalue weighted by atomic mass is 10.4. The zero-order valence-corrected chi connectivity index (χ0v) is 12.9. The Labute approximate surface area is 117 Å². The number of hydrogen-bond acceptors (Lipinski definition) is 1. The Kier molecular flexibility index (Phi) is 4.36. The zero-order valence-electron chi connectivity index (χ0n) is 9.77. The van der Waals surface area contributed by atoms with Crippen molar-refractivity contribution in [3.05, 3.63) is 60.7 Å². The number of halogens is 1. The van der Waals surface area contributed by atoms with Gasteiger partial charge in [-0.3, -0.25) is 0 Å². The van der Waals surface area contributed by atoms with Crippen LogP contribution in [0.15, 0.2) is 60.7 Å². The molecule has 2 aromatic rings. The van der Waals surface area contributed by atoms with Crippen molar-refractivity contribution in [1.29, 1.82) is 0 Å². The van der Waals surface area contributed by atoms with Gasteiger partial charge in [-0.15, -0.1) is 0 Å². The molecule has 0 aliphatic carbocycles. The first-order chi connectivity index (χ1) is 8.33. The second kappa shape index (κ2) is 5.80. The quantitative estimate of drug-likeness (QED) is 0.465. The third kappa shape index (κ3) is 2.46. The summed E-state index contributed by atoms with van der Waals surface area (Å²) in [4.78, 5) is 0. The van der Waals surface area contributed by atoms with E-state index in [0.29, 0.717) is 0 Å². The van der Waals surface area contributed by atoms with E-state index in [9.17, 15) is 0 Å². The SMILES string of the molecule is CO[Si](CI)(c1ccccc1)c1ccccc1. The highest BCUT2D eigenvalue weighted by Crippen LogP contribution is 2.10. The Morgan fingerprint density at radius 2 is 1.29 bits per heavy atom. The van der Waals surface area contributed by atoms with Gasteiger partial charge in [-0.2, -0.15) is 0 Å². The van der Waals surface area contributed by atoms with E-state index in [0.717, 1.165) is 4.05 Å². The van der Waals surface area contributed by atoms with Gasteiger partial charge < -0.3 is 4.43 Å². The molecule has 0 bridgehead atoms. The molecule has 0 saturated carbocycles. The van der Waals surface area contributed by atoms with E-state index in [4.69, 9.17) is 4.43 Å². The fourth-order valence-electron chi connectivity index (χ4n) is 2.03. The second-order valence-electron chi connectivity index (χ2n) is 3.90. The molecule has 3 heteroatoms. The summed E-state index contributed by atoms with van der Waals surface area (Å²) in [5, 5.41) is 2.67. The lowest BCUT2D eigenvalue weighted by Gasteiger charge is -2.28.